The van der Waals surface area contributed by atoms with Crippen LogP contribution in [-0.2, 0) is 32.0 Å². The SMILES string of the molecule is NC(C(=O)O)(c1ccc(-c2ccccc2)cc1)C(C=C=S(=O)=O)COCc1ccccc1. The monoisotopic (exact) mass is 449 g/mol. The van der Waals surface area contributed by atoms with Crippen molar-refractivity contribution in [1.29, 1.82) is 0 Å². The van der Waals surface area contributed by atoms with Crippen LogP contribution in [0.3, 0.4) is 0 Å². The molecule has 0 aliphatic rings. The van der Waals surface area contributed by atoms with Gasteiger partial charge in [0.2, 0.25) is 0 Å². The van der Waals surface area contributed by atoms with E-state index in [-0.39, 0.29) is 13.2 Å². The third-order valence-electron chi connectivity index (χ3n) is 5.18. The summed E-state index contributed by atoms with van der Waals surface area (Å²) >= 11 is 0. The van der Waals surface area contributed by atoms with Gasteiger partial charge in [-0.1, -0.05) is 84.9 Å². The number of nitrogens with two attached hydrogens (primary N) is 1. The van der Waals surface area contributed by atoms with Crippen molar-refractivity contribution >= 4 is 21.3 Å². The molecule has 0 heterocycles. The van der Waals surface area contributed by atoms with E-state index in [1.807, 2.05) is 60.7 Å². The fourth-order valence-electron chi connectivity index (χ4n) is 3.39. The van der Waals surface area contributed by atoms with Gasteiger partial charge in [-0.05, 0) is 28.3 Å². The zero-order valence-corrected chi connectivity index (χ0v) is 18.0. The van der Waals surface area contributed by atoms with Crippen LogP contribution in [-0.4, -0.2) is 31.1 Å². The minimum atomic E-state index is -2.62. The van der Waals surface area contributed by atoms with Gasteiger partial charge < -0.3 is 15.6 Å². The molecule has 0 bridgehead atoms. The van der Waals surface area contributed by atoms with Gasteiger partial charge in [-0.25, -0.2) is 4.79 Å². The third kappa shape index (κ3) is 5.60. The van der Waals surface area contributed by atoms with Crippen LogP contribution < -0.4 is 5.73 Å². The van der Waals surface area contributed by atoms with Crippen LogP contribution in [0.1, 0.15) is 11.1 Å². The zero-order chi connectivity index (χ0) is 23.0. The Morgan fingerprint density at radius 3 is 2.09 bits per heavy atom. The zero-order valence-electron chi connectivity index (χ0n) is 17.2. The highest BCUT2D eigenvalue weighted by atomic mass is 32.2. The Morgan fingerprint density at radius 2 is 1.53 bits per heavy atom. The van der Waals surface area contributed by atoms with Crippen LogP contribution in [0.5, 0.6) is 0 Å². The molecule has 164 valence electrons. The molecular weight excluding hydrogens is 426 g/mol. The second-order valence-corrected chi connectivity index (χ2v) is 7.95. The lowest BCUT2D eigenvalue weighted by Gasteiger charge is -2.32. The summed E-state index contributed by atoms with van der Waals surface area (Å²) in [5, 5.41) is 12.2. The lowest BCUT2D eigenvalue weighted by Crippen LogP contribution is -2.52. The Bertz CT molecular complexity index is 1210. The van der Waals surface area contributed by atoms with E-state index >= 15 is 0 Å². The molecule has 32 heavy (non-hydrogen) atoms. The number of hydrogen-bond donors (Lipinski definition) is 2. The Labute approximate surface area is 188 Å². The summed E-state index contributed by atoms with van der Waals surface area (Å²) in [6, 6.07) is 25.8. The van der Waals surface area contributed by atoms with E-state index in [4.69, 9.17) is 10.5 Å². The lowest BCUT2D eigenvalue weighted by molar-refractivity contribution is -0.146. The summed E-state index contributed by atoms with van der Waals surface area (Å²) in [5.41, 5.74) is 7.60. The van der Waals surface area contributed by atoms with Crippen LogP contribution in [0, 0.1) is 5.92 Å². The molecule has 3 N–H and O–H groups in total. The number of aliphatic carboxylic acids is 1. The van der Waals surface area contributed by atoms with Crippen molar-refractivity contribution in [2.45, 2.75) is 12.1 Å². The molecule has 3 aromatic carbocycles. The highest BCUT2D eigenvalue weighted by Gasteiger charge is 2.43. The normalized spacial score (nSPS) is 13.4. The average Bonchev–Trinajstić information content (AvgIpc) is 2.82. The summed E-state index contributed by atoms with van der Waals surface area (Å²) in [5.74, 6) is -2.28. The predicted molar refractivity (Wildman–Crippen MR) is 123 cm³/mol. The molecule has 0 radical (unpaired) electrons. The summed E-state index contributed by atoms with van der Waals surface area (Å²) in [6.45, 7) is 0.122. The largest absolute Gasteiger partial charge is 0.480 e. The molecule has 0 saturated heterocycles. The number of carbonyl (C=O) groups is 1. The Hall–Kier alpha value is -3.48. The summed E-state index contributed by atoms with van der Waals surface area (Å²) in [4.78, 5) is 12.3. The first-order valence-corrected chi connectivity index (χ1v) is 11.0. The van der Waals surface area contributed by atoms with Gasteiger partial charge in [-0.15, -0.1) is 0 Å². The molecule has 2 unspecified atom stereocenters. The molecule has 3 aromatic rings. The lowest BCUT2D eigenvalue weighted by atomic mass is 9.78. The van der Waals surface area contributed by atoms with Crippen LogP contribution in [0.2, 0.25) is 0 Å². The van der Waals surface area contributed by atoms with Gasteiger partial charge in [0.15, 0.2) is 0 Å². The Kier molecular flexibility index (Phi) is 7.76. The van der Waals surface area contributed by atoms with Crippen molar-refractivity contribution in [3.8, 4) is 11.1 Å². The highest BCUT2D eigenvalue weighted by Crippen LogP contribution is 2.31. The van der Waals surface area contributed by atoms with Crippen LogP contribution in [0.4, 0.5) is 0 Å². The van der Waals surface area contributed by atoms with Crippen molar-refractivity contribution < 1.29 is 23.1 Å². The van der Waals surface area contributed by atoms with E-state index in [1.54, 1.807) is 24.3 Å². The van der Waals surface area contributed by atoms with Gasteiger partial charge in [0.25, 0.3) is 10.3 Å². The molecule has 0 aliphatic carbocycles. The number of rotatable bonds is 9. The maximum atomic E-state index is 12.3. The van der Waals surface area contributed by atoms with Crippen LogP contribution in [0.25, 0.3) is 11.1 Å². The number of carboxylic acids is 1. The molecule has 0 fully saturated rings. The van der Waals surface area contributed by atoms with E-state index in [9.17, 15) is 18.3 Å². The number of ether oxygens (including phenoxy) is 1. The molecule has 0 aromatic heterocycles. The highest BCUT2D eigenvalue weighted by molar-refractivity contribution is 7.70. The average molecular weight is 450 g/mol. The minimum Gasteiger partial charge on any atom is -0.480 e. The van der Waals surface area contributed by atoms with Crippen molar-refractivity contribution in [2.24, 2.45) is 11.7 Å². The van der Waals surface area contributed by atoms with Crippen molar-refractivity contribution in [2.75, 3.05) is 6.61 Å². The second-order valence-electron chi connectivity index (χ2n) is 7.24. The number of hydrogen-bond acceptors (Lipinski definition) is 5. The van der Waals surface area contributed by atoms with Gasteiger partial charge in [0.1, 0.15) is 5.54 Å². The second kappa shape index (κ2) is 10.7. The van der Waals surface area contributed by atoms with Gasteiger partial charge in [-0.3, -0.25) is 0 Å². The fraction of sp³-hybridized carbons (Fsp3) is 0.160. The summed E-state index contributed by atoms with van der Waals surface area (Å²) in [6.07, 6.45) is 1.15. The van der Waals surface area contributed by atoms with Gasteiger partial charge in [0.05, 0.1) is 13.2 Å². The van der Waals surface area contributed by atoms with Crippen LogP contribution in [0.15, 0.2) is 91.0 Å². The topological polar surface area (TPSA) is 107 Å². The Morgan fingerprint density at radius 1 is 0.969 bits per heavy atom. The van der Waals surface area contributed by atoms with Crippen molar-refractivity contribution in [3.63, 3.8) is 0 Å². The molecule has 6 nitrogen and oxygen atoms in total. The van der Waals surface area contributed by atoms with E-state index in [0.29, 0.717) is 5.56 Å². The van der Waals surface area contributed by atoms with Crippen molar-refractivity contribution in [1.82, 2.24) is 0 Å². The summed E-state index contributed by atoms with van der Waals surface area (Å²) < 4.78 is 27.8. The molecular formula is C25H23NO5S. The standard InChI is InChI=1S/C25H23NO5S/c26-25(24(27)28,22-13-11-21(12-14-22)20-9-5-2-6-10-20)23(15-16-32(29)30)18-31-17-19-7-3-1-4-8-19/h1-15,23H,17-18,26H2,(H,27,28). The first-order chi connectivity index (χ1) is 15.4. The predicted octanol–water partition coefficient (Wildman–Crippen LogP) is 3.26. The third-order valence-corrected chi connectivity index (χ3v) is 5.51. The first-order valence-electron chi connectivity index (χ1n) is 9.90. The van der Waals surface area contributed by atoms with E-state index in [0.717, 1.165) is 22.8 Å². The minimum absolute atomic E-state index is 0.109. The summed E-state index contributed by atoms with van der Waals surface area (Å²) in [7, 11) is -2.62. The first kappa shape index (κ1) is 23.2. The quantitative estimate of drug-likeness (QED) is 0.486. The molecule has 2 atom stereocenters. The number of benzene rings is 3. The molecule has 0 aliphatic heterocycles. The van der Waals surface area contributed by atoms with Gasteiger partial charge >= 0.3 is 5.97 Å². The maximum absolute atomic E-state index is 12.3. The molecule has 0 saturated carbocycles. The molecule has 0 spiro atoms. The number of carboxylic acid groups (broad SMARTS) is 1. The van der Waals surface area contributed by atoms with E-state index in [2.05, 4.69) is 5.02 Å². The van der Waals surface area contributed by atoms with Gasteiger partial charge in [0, 0.05) is 10.9 Å². The smallest absolute Gasteiger partial charge is 0.329 e. The van der Waals surface area contributed by atoms with E-state index < -0.39 is 27.7 Å². The Balaban J connectivity index is 1.92. The molecule has 3 rings (SSSR count). The maximum Gasteiger partial charge on any atom is 0.329 e. The molecule has 7 heteroatoms. The van der Waals surface area contributed by atoms with Gasteiger partial charge in [-0.2, -0.15) is 8.42 Å². The fourth-order valence-corrected chi connectivity index (χ4v) is 3.67. The van der Waals surface area contributed by atoms with Crippen molar-refractivity contribution in [3.05, 3.63) is 102 Å². The van der Waals surface area contributed by atoms with E-state index in [1.165, 1.54) is 0 Å². The van der Waals surface area contributed by atoms with Crippen LogP contribution >= 0.6 is 0 Å². The molecule has 0 amide bonds.